The van der Waals surface area contributed by atoms with Crippen molar-refractivity contribution in [3.63, 3.8) is 0 Å². The van der Waals surface area contributed by atoms with E-state index < -0.39 is 11.4 Å². The first-order chi connectivity index (χ1) is 20.6. The van der Waals surface area contributed by atoms with Crippen LogP contribution in [-0.4, -0.2) is 22.6 Å². The number of aliphatic carboxylic acids is 1. The zero-order chi connectivity index (χ0) is 31.6. The second-order valence-electron chi connectivity index (χ2n) is 18.1. The second-order valence-corrected chi connectivity index (χ2v) is 18.1. The number of ether oxygens (including phenoxy) is 1. The molecule has 1 aromatic rings. The van der Waals surface area contributed by atoms with Gasteiger partial charge in [0, 0.05) is 11.3 Å². The molecule has 1 N–H and O–H groups in total. The maximum Gasteiger partial charge on any atom is 0.312 e. The van der Waals surface area contributed by atoms with Crippen molar-refractivity contribution in [3.05, 3.63) is 34.4 Å². The molecule has 0 radical (unpaired) electrons. The number of esters is 1. The third kappa shape index (κ3) is 3.75. The van der Waals surface area contributed by atoms with E-state index in [2.05, 4.69) is 60.6 Å². The number of carbonyl (C=O) groups is 2. The van der Waals surface area contributed by atoms with Gasteiger partial charge < -0.3 is 9.84 Å². The van der Waals surface area contributed by atoms with Gasteiger partial charge in [0.15, 0.2) is 0 Å². The van der Waals surface area contributed by atoms with Gasteiger partial charge in [-0.3, -0.25) is 9.59 Å². The summed E-state index contributed by atoms with van der Waals surface area (Å²) in [6.07, 6.45) is 12.5. The molecule has 0 amide bonds. The molecule has 5 fully saturated rings. The van der Waals surface area contributed by atoms with Crippen LogP contribution in [0.3, 0.4) is 0 Å². The molecule has 1 heterocycles. The first-order valence-corrected chi connectivity index (χ1v) is 18.3. The molecule has 4 saturated carbocycles. The van der Waals surface area contributed by atoms with Crippen LogP contribution in [0, 0.1) is 45.8 Å². The molecule has 0 aromatic heterocycles. The van der Waals surface area contributed by atoms with Gasteiger partial charge in [0.05, 0.1) is 10.8 Å². The fourth-order valence-electron chi connectivity index (χ4n) is 13.1. The fourth-order valence-corrected chi connectivity index (χ4v) is 13.1. The van der Waals surface area contributed by atoms with Crippen molar-refractivity contribution < 1.29 is 19.4 Å². The molecule has 10 atom stereocenters. The van der Waals surface area contributed by atoms with Gasteiger partial charge in [-0.05, 0) is 148 Å². The highest BCUT2D eigenvalue weighted by molar-refractivity contribution is 5.81. The summed E-state index contributed by atoms with van der Waals surface area (Å²) in [5.74, 6) is 2.56. The Labute approximate surface area is 266 Å². The van der Waals surface area contributed by atoms with Crippen molar-refractivity contribution in [1.29, 1.82) is 0 Å². The minimum atomic E-state index is -0.668. The minimum absolute atomic E-state index is 0.0232. The van der Waals surface area contributed by atoms with Crippen LogP contribution in [0.5, 0.6) is 0 Å². The Balaban J connectivity index is 1.43. The van der Waals surface area contributed by atoms with Crippen molar-refractivity contribution in [3.8, 4) is 0 Å². The molecule has 4 heteroatoms. The number of carboxylic acid groups (broad SMARTS) is 1. The van der Waals surface area contributed by atoms with E-state index in [0.29, 0.717) is 29.6 Å². The zero-order valence-electron chi connectivity index (χ0n) is 28.9. The summed E-state index contributed by atoms with van der Waals surface area (Å²) >= 11 is 0. The molecule has 2 bridgehead atoms. The van der Waals surface area contributed by atoms with Crippen LogP contribution >= 0.6 is 0 Å². The molecular formula is C40H58O4. The summed E-state index contributed by atoms with van der Waals surface area (Å²) in [4.78, 5) is 26.6. The molecule has 1 aromatic carbocycles. The van der Waals surface area contributed by atoms with E-state index in [4.69, 9.17) is 4.74 Å². The quantitative estimate of drug-likeness (QED) is 0.349. The van der Waals surface area contributed by atoms with Gasteiger partial charge in [-0.1, -0.05) is 60.1 Å². The van der Waals surface area contributed by atoms with E-state index in [0.717, 1.165) is 64.2 Å². The second kappa shape index (κ2) is 9.83. The Bertz CT molecular complexity index is 1380. The Morgan fingerprint density at radius 3 is 2.27 bits per heavy atom. The van der Waals surface area contributed by atoms with Gasteiger partial charge in [-0.15, -0.1) is 0 Å². The lowest BCUT2D eigenvalue weighted by atomic mass is 9.40. The number of carbonyl (C=O) groups excluding carboxylic acids is 1. The highest BCUT2D eigenvalue weighted by atomic mass is 16.6. The Kier molecular flexibility index (Phi) is 6.88. The predicted octanol–water partition coefficient (Wildman–Crippen LogP) is 9.57. The molecular weight excluding hydrogens is 544 g/mol. The van der Waals surface area contributed by atoms with Crippen molar-refractivity contribution in [2.75, 3.05) is 0 Å². The van der Waals surface area contributed by atoms with Gasteiger partial charge in [0.2, 0.25) is 0 Å². The highest BCUT2D eigenvalue weighted by Crippen LogP contribution is 2.74. The van der Waals surface area contributed by atoms with Crippen LogP contribution in [0.15, 0.2) is 12.1 Å². The number of fused-ring (bicyclic) bond motifs is 4. The van der Waals surface area contributed by atoms with Crippen LogP contribution in [0.2, 0.25) is 0 Å². The summed E-state index contributed by atoms with van der Waals surface area (Å²) in [7, 11) is 0. The van der Waals surface area contributed by atoms with Gasteiger partial charge >= 0.3 is 11.9 Å². The van der Waals surface area contributed by atoms with E-state index in [-0.39, 0.29) is 39.7 Å². The first kappa shape index (κ1) is 30.8. The normalized spacial score (nSPS) is 46.1. The van der Waals surface area contributed by atoms with Crippen molar-refractivity contribution in [2.24, 2.45) is 45.8 Å². The van der Waals surface area contributed by atoms with Crippen LogP contribution in [-0.2, 0) is 26.2 Å². The van der Waals surface area contributed by atoms with Gasteiger partial charge in [-0.2, -0.15) is 0 Å². The van der Waals surface area contributed by atoms with Crippen LogP contribution in [0.4, 0.5) is 0 Å². The molecule has 1 aliphatic heterocycles. The molecule has 44 heavy (non-hydrogen) atoms. The lowest BCUT2D eigenvalue weighted by molar-refractivity contribution is -0.206. The van der Waals surface area contributed by atoms with E-state index in [1.807, 2.05) is 6.92 Å². The molecule has 4 nitrogen and oxygen atoms in total. The standard InChI is InChI=1S/C40H58O4/c1-23(2)25-15-20-39(8)30(21-25)28(22-32-38(7)18-10-19-40(32,39)44-35(38)43)33-26(24(3)4)11-13-29-27(33)12-14-31-36(29,5)16-9-17-37(31,6)34(41)42/h11,13,23-25,28,30-32H,9-10,12,14-22H2,1-8H3,(H,41,42)/t25?,28?,30?,31?,32?,36?,37-,38-,39?,40?/m1/s1. The number of hydrogen-bond donors (Lipinski definition) is 1. The monoisotopic (exact) mass is 602 g/mol. The summed E-state index contributed by atoms with van der Waals surface area (Å²) in [6, 6.07) is 4.87. The van der Waals surface area contributed by atoms with Crippen LogP contribution in [0.25, 0.3) is 0 Å². The summed E-state index contributed by atoms with van der Waals surface area (Å²) in [5.41, 5.74) is 4.60. The van der Waals surface area contributed by atoms with Gasteiger partial charge in [0.25, 0.3) is 0 Å². The van der Waals surface area contributed by atoms with E-state index in [1.165, 1.54) is 24.0 Å². The number of benzene rings is 1. The third-order valence-electron chi connectivity index (χ3n) is 15.7. The predicted molar refractivity (Wildman–Crippen MR) is 175 cm³/mol. The number of rotatable bonds is 4. The SMILES string of the molecule is CC(C)c1ccc2c(c1C1CC3C4(CCC[C@@]3(C)C(=O)O4)C3(C)CCC(C(C)C)CC13)CCC1C2(C)CCC[C@@]1(C)C(=O)O. The number of carboxylic acids is 1. The van der Waals surface area contributed by atoms with E-state index in [1.54, 1.807) is 11.1 Å². The molecule has 0 spiro atoms. The maximum atomic E-state index is 13.8. The van der Waals surface area contributed by atoms with Crippen LogP contribution < -0.4 is 0 Å². The minimum Gasteiger partial charge on any atom is -0.481 e. The molecule has 7 rings (SSSR count). The van der Waals surface area contributed by atoms with Gasteiger partial charge in [0.1, 0.15) is 5.60 Å². The highest BCUT2D eigenvalue weighted by Gasteiger charge is 2.75. The average Bonchev–Trinajstić information content (AvgIpc) is 3.08. The third-order valence-corrected chi connectivity index (χ3v) is 15.7. The first-order valence-electron chi connectivity index (χ1n) is 18.3. The van der Waals surface area contributed by atoms with E-state index in [9.17, 15) is 14.7 Å². The summed E-state index contributed by atoms with van der Waals surface area (Å²) in [6.45, 7) is 18.8. The molecule has 6 aliphatic rings. The van der Waals surface area contributed by atoms with Crippen molar-refractivity contribution >= 4 is 11.9 Å². The zero-order valence-corrected chi connectivity index (χ0v) is 28.9. The molecule has 242 valence electrons. The Hall–Kier alpha value is -1.84. The van der Waals surface area contributed by atoms with Crippen molar-refractivity contribution in [1.82, 2.24) is 0 Å². The smallest absolute Gasteiger partial charge is 0.312 e. The van der Waals surface area contributed by atoms with Gasteiger partial charge in [-0.25, -0.2) is 0 Å². The summed E-state index contributed by atoms with van der Waals surface area (Å²) < 4.78 is 6.76. The molecule has 8 unspecified atom stereocenters. The molecule has 5 aliphatic carbocycles. The van der Waals surface area contributed by atoms with E-state index >= 15 is 0 Å². The molecule has 1 saturated heterocycles. The largest absolute Gasteiger partial charge is 0.481 e. The topological polar surface area (TPSA) is 63.6 Å². The maximum absolute atomic E-state index is 13.8. The average molecular weight is 603 g/mol. The lowest BCUT2D eigenvalue weighted by Crippen LogP contribution is -2.64. The number of hydrogen-bond acceptors (Lipinski definition) is 3. The van der Waals surface area contributed by atoms with Crippen LogP contribution in [0.1, 0.15) is 160 Å². The Morgan fingerprint density at radius 2 is 1.59 bits per heavy atom. The van der Waals surface area contributed by atoms with Crippen molar-refractivity contribution in [2.45, 2.75) is 155 Å². The fraction of sp³-hybridized carbons (Fsp3) is 0.800. The Morgan fingerprint density at radius 1 is 0.886 bits per heavy atom. The lowest BCUT2D eigenvalue weighted by Gasteiger charge is -2.64. The summed E-state index contributed by atoms with van der Waals surface area (Å²) in [5, 5.41) is 10.5.